The Labute approximate surface area is 117 Å². The van der Waals surface area contributed by atoms with Crippen molar-refractivity contribution >= 4 is 33.6 Å². The summed E-state index contributed by atoms with van der Waals surface area (Å²) in [7, 11) is 0. The average molecular weight is 331 g/mol. The van der Waals surface area contributed by atoms with Crippen LogP contribution in [0.1, 0.15) is 12.8 Å². The van der Waals surface area contributed by atoms with Gasteiger partial charge in [0.15, 0.2) is 0 Å². The summed E-state index contributed by atoms with van der Waals surface area (Å²) in [6, 6.07) is 3.36. The zero-order valence-corrected chi connectivity index (χ0v) is 11.5. The molecule has 102 valence electrons. The highest BCUT2D eigenvalue weighted by Gasteiger charge is 2.50. The lowest BCUT2D eigenvalue weighted by Gasteiger charge is -2.12. The first-order valence-electron chi connectivity index (χ1n) is 5.66. The molecule has 3 N–H and O–H groups in total. The predicted molar refractivity (Wildman–Crippen MR) is 70.4 cm³/mol. The maximum absolute atomic E-state index is 13.0. The topological polar surface area (TPSA) is 78.4 Å². The van der Waals surface area contributed by atoms with Gasteiger partial charge in [0.05, 0.1) is 11.1 Å². The molecular weight excluding hydrogens is 319 g/mol. The monoisotopic (exact) mass is 330 g/mol. The number of aliphatic carboxylic acids is 1. The summed E-state index contributed by atoms with van der Waals surface area (Å²) in [5, 5.41) is 13.9. The lowest BCUT2D eigenvalue weighted by Crippen LogP contribution is -2.36. The quantitative estimate of drug-likeness (QED) is 0.793. The number of hydrogen-bond acceptors (Lipinski definition) is 2. The predicted octanol–water partition coefficient (Wildman–Crippen LogP) is 2.57. The van der Waals surface area contributed by atoms with Gasteiger partial charge in [0, 0.05) is 11.0 Å². The van der Waals surface area contributed by atoms with Crippen molar-refractivity contribution in [3.05, 3.63) is 28.5 Å². The van der Waals surface area contributed by atoms with Gasteiger partial charge in [-0.3, -0.25) is 4.79 Å². The molecule has 2 rings (SSSR count). The molecule has 1 saturated carbocycles. The van der Waals surface area contributed by atoms with E-state index in [0.29, 0.717) is 17.3 Å². The molecule has 0 atom stereocenters. The van der Waals surface area contributed by atoms with Crippen LogP contribution < -0.4 is 10.6 Å². The number of amides is 2. The molecule has 1 fully saturated rings. The van der Waals surface area contributed by atoms with Crippen molar-refractivity contribution in [1.29, 1.82) is 0 Å². The van der Waals surface area contributed by atoms with Crippen molar-refractivity contribution in [3.63, 3.8) is 0 Å². The molecule has 0 heterocycles. The molecule has 7 heteroatoms. The summed E-state index contributed by atoms with van der Waals surface area (Å²) in [5.41, 5.74) is -0.533. The van der Waals surface area contributed by atoms with Gasteiger partial charge in [0.2, 0.25) is 0 Å². The molecular formula is C12H12BrFN2O3. The van der Waals surface area contributed by atoms with E-state index in [9.17, 15) is 14.0 Å². The molecule has 1 aromatic rings. The number of carbonyl (C=O) groups is 2. The zero-order valence-electron chi connectivity index (χ0n) is 9.87. The molecule has 0 unspecified atom stereocenters. The maximum atomic E-state index is 13.0. The van der Waals surface area contributed by atoms with Crippen LogP contribution in [-0.4, -0.2) is 23.7 Å². The van der Waals surface area contributed by atoms with Crippen molar-refractivity contribution < 1.29 is 19.1 Å². The average Bonchev–Trinajstić information content (AvgIpc) is 3.12. The number of hydrogen-bond donors (Lipinski definition) is 3. The Kier molecular flexibility index (Phi) is 3.75. The molecule has 0 radical (unpaired) electrons. The minimum atomic E-state index is -0.903. The third-order valence-corrected chi connectivity index (χ3v) is 3.76. The number of benzene rings is 1. The highest BCUT2D eigenvalue weighted by molar-refractivity contribution is 9.10. The number of nitrogens with one attached hydrogen (secondary N) is 2. The Balaban J connectivity index is 1.91. The van der Waals surface area contributed by atoms with Crippen LogP contribution in [0.2, 0.25) is 0 Å². The molecule has 0 aliphatic heterocycles. The van der Waals surface area contributed by atoms with Gasteiger partial charge in [0.1, 0.15) is 5.82 Å². The Morgan fingerprint density at radius 2 is 2.11 bits per heavy atom. The number of carboxylic acids is 1. The number of anilines is 1. The third-order valence-electron chi connectivity index (χ3n) is 3.07. The van der Waals surface area contributed by atoms with Crippen LogP contribution in [0.4, 0.5) is 14.9 Å². The number of carboxylic acid groups (broad SMARTS) is 1. The van der Waals surface area contributed by atoms with Crippen LogP contribution in [0.3, 0.4) is 0 Å². The SMILES string of the molecule is O=C(NCC1(C(=O)O)CC1)Nc1cc(F)ccc1Br. The minimum Gasteiger partial charge on any atom is -0.481 e. The van der Waals surface area contributed by atoms with E-state index >= 15 is 0 Å². The van der Waals surface area contributed by atoms with Crippen LogP contribution >= 0.6 is 15.9 Å². The second-order valence-electron chi connectivity index (χ2n) is 4.52. The van der Waals surface area contributed by atoms with Crippen LogP contribution in [0.25, 0.3) is 0 Å². The van der Waals surface area contributed by atoms with Crippen molar-refractivity contribution in [2.45, 2.75) is 12.8 Å². The van der Waals surface area contributed by atoms with Crippen molar-refractivity contribution in [2.24, 2.45) is 5.41 Å². The number of carbonyl (C=O) groups excluding carboxylic acids is 1. The zero-order chi connectivity index (χ0) is 14.0. The molecule has 0 aromatic heterocycles. The van der Waals surface area contributed by atoms with E-state index < -0.39 is 23.2 Å². The van der Waals surface area contributed by atoms with Gasteiger partial charge >= 0.3 is 12.0 Å². The normalized spacial score (nSPS) is 15.7. The van der Waals surface area contributed by atoms with E-state index in [0.717, 1.165) is 0 Å². The molecule has 2 amide bonds. The summed E-state index contributed by atoms with van der Waals surface area (Å²) in [6.45, 7) is 0.0705. The molecule has 19 heavy (non-hydrogen) atoms. The Bertz CT molecular complexity index is 532. The van der Waals surface area contributed by atoms with Crippen LogP contribution in [-0.2, 0) is 4.79 Å². The van der Waals surface area contributed by atoms with Gasteiger partial charge in [-0.2, -0.15) is 0 Å². The Morgan fingerprint density at radius 3 is 2.68 bits per heavy atom. The first-order chi connectivity index (χ1) is 8.93. The molecule has 1 aliphatic rings. The molecule has 0 bridgehead atoms. The standard InChI is InChI=1S/C12H12BrFN2O3/c13-8-2-1-7(14)5-9(8)16-11(19)15-6-12(3-4-12)10(17)18/h1-2,5H,3-4,6H2,(H,17,18)(H2,15,16,19). The lowest BCUT2D eigenvalue weighted by atomic mass is 10.1. The summed E-state index contributed by atoms with van der Waals surface area (Å²) in [6.07, 6.45) is 1.12. The minimum absolute atomic E-state index is 0.0705. The molecule has 1 aromatic carbocycles. The fraction of sp³-hybridized carbons (Fsp3) is 0.333. The van der Waals surface area contributed by atoms with Crippen molar-refractivity contribution in [2.75, 3.05) is 11.9 Å². The van der Waals surface area contributed by atoms with E-state index in [1.165, 1.54) is 18.2 Å². The third kappa shape index (κ3) is 3.23. The van der Waals surface area contributed by atoms with Crippen molar-refractivity contribution in [3.8, 4) is 0 Å². The highest BCUT2D eigenvalue weighted by Crippen LogP contribution is 2.45. The molecule has 0 spiro atoms. The summed E-state index contributed by atoms with van der Waals surface area (Å²) < 4.78 is 13.6. The fourth-order valence-electron chi connectivity index (χ4n) is 1.63. The fourth-order valence-corrected chi connectivity index (χ4v) is 1.97. The molecule has 1 aliphatic carbocycles. The molecule has 0 saturated heterocycles. The second-order valence-corrected chi connectivity index (χ2v) is 5.37. The van der Waals surface area contributed by atoms with Crippen molar-refractivity contribution in [1.82, 2.24) is 5.32 Å². The van der Waals surface area contributed by atoms with Crippen LogP contribution in [0, 0.1) is 11.2 Å². The highest BCUT2D eigenvalue weighted by atomic mass is 79.9. The van der Waals surface area contributed by atoms with Crippen LogP contribution in [0.15, 0.2) is 22.7 Å². The number of urea groups is 1. The summed E-state index contributed by atoms with van der Waals surface area (Å²) in [5.74, 6) is -1.37. The van der Waals surface area contributed by atoms with Gasteiger partial charge in [-0.15, -0.1) is 0 Å². The Hall–Kier alpha value is -1.63. The largest absolute Gasteiger partial charge is 0.481 e. The maximum Gasteiger partial charge on any atom is 0.319 e. The second kappa shape index (κ2) is 5.16. The van der Waals surface area contributed by atoms with Gasteiger partial charge in [-0.1, -0.05) is 0 Å². The van der Waals surface area contributed by atoms with Crippen LogP contribution in [0.5, 0.6) is 0 Å². The van der Waals surface area contributed by atoms with Gasteiger partial charge in [-0.25, -0.2) is 9.18 Å². The summed E-state index contributed by atoms with van der Waals surface area (Å²) in [4.78, 5) is 22.5. The summed E-state index contributed by atoms with van der Waals surface area (Å²) >= 11 is 3.18. The Morgan fingerprint density at radius 1 is 1.42 bits per heavy atom. The first kappa shape index (κ1) is 13.8. The van der Waals surface area contributed by atoms with E-state index in [-0.39, 0.29) is 12.2 Å². The van der Waals surface area contributed by atoms with Gasteiger partial charge in [0.25, 0.3) is 0 Å². The first-order valence-corrected chi connectivity index (χ1v) is 6.46. The van der Waals surface area contributed by atoms with E-state index in [1.807, 2.05) is 0 Å². The van der Waals surface area contributed by atoms with Gasteiger partial charge in [-0.05, 0) is 47.0 Å². The van der Waals surface area contributed by atoms with Gasteiger partial charge < -0.3 is 15.7 Å². The smallest absolute Gasteiger partial charge is 0.319 e. The lowest BCUT2D eigenvalue weighted by molar-refractivity contribution is -0.143. The molecule has 5 nitrogen and oxygen atoms in total. The van der Waals surface area contributed by atoms with E-state index in [4.69, 9.17) is 5.11 Å². The van der Waals surface area contributed by atoms with E-state index in [1.54, 1.807) is 0 Å². The van der Waals surface area contributed by atoms with E-state index in [2.05, 4.69) is 26.6 Å². The number of rotatable bonds is 4. The number of halogens is 2.